The fourth-order valence-electron chi connectivity index (χ4n) is 3.01. The molecule has 1 aliphatic heterocycles. The first-order valence-corrected chi connectivity index (χ1v) is 6.01. The quantitative estimate of drug-likeness (QED) is 0.545. The Kier molecular flexibility index (Phi) is 2.89. The Morgan fingerprint density at radius 1 is 1.47 bits per heavy atom. The third-order valence-corrected chi connectivity index (χ3v) is 3.68. The van der Waals surface area contributed by atoms with Crippen LogP contribution in [0.3, 0.4) is 0 Å². The molecule has 17 heavy (non-hydrogen) atoms. The van der Waals surface area contributed by atoms with E-state index in [1.54, 1.807) is 0 Å². The second-order valence-electron chi connectivity index (χ2n) is 5.20. The van der Waals surface area contributed by atoms with Crippen molar-refractivity contribution in [1.29, 1.82) is 0 Å². The van der Waals surface area contributed by atoms with Crippen LogP contribution in [0.15, 0.2) is 27.9 Å². The molecule has 2 atom stereocenters. The van der Waals surface area contributed by atoms with Crippen molar-refractivity contribution < 1.29 is 4.92 Å². The zero-order chi connectivity index (χ0) is 12.7. The molecule has 92 valence electrons. The van der Waals surface area contributed by atoms with E-state index in [4.69, 9.17) is 0 Å². The van der Waals surface area contributed by atoms with Crippen LogP contribution in [0.25, 0.3) is 0 Å². The number of allylic oxidation sites excluding steroid dienone is 2. The third kappa shape index (κ3) is 1.81. The molecule has 4 heteroatoms. The second-order valence-corrected chi connectivity index (χ2v) is 5.20. The predicted molar refractivity (Wildman–Crippen MR) is 67.6 cm³/mol. The number of hydrogen-bond acceptors (Lipinski definition) is 3. The molecule has 0 amide bonds. The van der Waals surface area contributed by atoms with E-state index in [-0.39, 0.29) is 10.8 Å². The average molecular weight is 234 g/mol. The molecule has 0 aromatic carbocycles. The molecule has 2 rings (SSSR count). The maximum atomic E-state index is 11.1. The summed E-state index contributed by atoms with van der Waals surface area (Å²) in [6, 6.07) is 0. The van der Waals surface area contributed by atoms with Gasteiger partial charge >= 0.3 is 0 Å². The lowest BCUT2D eigenvalue weighted by Gasteiger charge is -2.25. The topological polar surface area (TPSA) is 55.5 Å². The van der Waals surface area contributed by atoms with Gasteiger partial charge in [-0.15, -0.1) is 0 Å². The van der Waals surface area contributed by atoms with Gasteiger partial charge in [-0.3, -0.25) is 15.1 Å². The summed E-state index contributed by atoms with van der Waals surface area (Å²) in [6.45, 7) is 8.69. The van der Waals surface area contributed by atoms with Crippen LogP contribution < -0.4 is 0 Å². The van der Waals surface area contributed by atoms with Gasteiger partial charge in [-0.25, -0.2) is 0 Å². The molecule has 0 radical (unpaired) electrons. The van der Waals surface area contributed by atoms with Crippen LogP contribution in [0, 0.1) is 27.9 Å². The van der Waals surface area contributed by atoms with Crippen molar-refractivity contribution in [3.05, 3.63) is 33.0 Å². The molecule has 0 N–H and O–H groups in total. The summed E-state index contributed by atoms with van der Waals surface area (Å²) in [6.07, 6.45) is 2.02. The van der Waals surface area contributed by atoms with Crippen molar-refractivity contribution in [2.75, 3.05) is 6.54 Å². The Balaban J connectivity index is 2.47. The molecule has 0 saturated heterocycles. The summed E-state index contributed by atoms with van der Waals surface area (Å²) in [7, 11) is 0. The molecule has 0 spiro atoms. The zero-order valence-electron chi connectivity index (χ0n) is 10.7. The van der Waals surface area contributed by atoms with E-state index >= 15 is 0 Å². The lowest BCUT2D eigenvalue weighted by atomic mass is 9.76. The van der Waals surface area contributed by atoms with Gasteiger partial charge in [0, 0.05) is 35.2 Å². The zero-order valence-corrected chi connectivity index (χ0v) is 10.7. The Bertz CT molecular complexity index is 458. The number of aliphatic imine (C=N–C) groups is 1. The number of rotatable bonds is 2. The fraction of sp³-hybridized carbons (Fsp3) is 0.615. The van der Waals surface area contributed by atoms with Crippen LogP contribution >= 0.6 is 0 Å². The summed E-state index contributed by atoms with van der Waals surface area (Å²) >= 11 is 0. The van der Waals surface area contributed by atoms with Gasteiger partial charge in [-0.2, -0.15) is 0 Å². The van der Waals surface area contributed by atoms with Crippen molar-refractivity contribution >= 4 is 5.71 Å². The van der Waals surface area contributed by atoms with E-state index in [0.29, 0.717) is 17.5 Å². The van der Waals surface area contributed by atoms with Gasteiger partial charge in [0.2, 0.25) is 0 Å². The van der Waals surface area contributed by atoms with Crippen LogP contribution in [-0.4, -0.2) is 17.2 Å². The van der Waals surface area contributed by atoms with Crippen molar-refractivity contribution in [2.45, 2.75) is 27.7 Å². The summed E-state index contributed by atoms with van der Waals surface area (Å²) < 4.78 is 0. The third-order valence-electron chi connectivity index (χ3n) is 3.68. The van der Waals surface area contributed by atoms with Gasteiger partial charge in [-0.1, -0.05) is 19.9 Å². The van der Waals surface area contributed by atoms with E-state index < -0.39 is 0 Å². The lowest BCUT2D eigenvalue weighted by molar-refractivity contribution is -0.422. The highest BCUT2D eigenvalue weighted by atomic mass is 16.6. The lowest BCUT2D eigenvalue weighted by Crippen LogP contribution is -2.28. The molecule has 1 heterocycles. The molecule has 4 nitrogen and oxygen atoms in total. The SMILES string of the molecule is CC1=CC2CN=C(C(C)C)C2C(C)=C1[N+](=O)[O-]. The van der Waals surface area contributed by atoms with Gasteiger partial charge in [0.05, 0.1) is 4.92 Å². The van der Waals surface area contributed by atoms with Gasteiger partial charge in [0.15, 0.2) is 0 Å². The Morgan fingerprint density at radius 2 is 2.12 bits per heavy atom. The Morgan fingerprint density at radius 3 is 2.65 bits per heavy atom. The normalized spacial score (nSPS) is 28.1. The molecule has 0 aromatic rings. The standard InChI is InChI=1S/C13H18N2O2/c1-7(2)12-11-9(4)13(15(16)17)8(3)5-10(11)6-14-12/h5,7,10-11H,6H2,1-4H3. The van der Waals surface area contributed by atoms with Crippen LogP contribution in [-0.2, 0) is 0 Å². The number of fused-ring (bicyclic) bond motifs is 1. The first kappa shape index (κ1) is 12.0. The minimum absolute atomic E-state index is 0.152. The number of nitrogens with zero attached hydrogens (tertiary/aromatic N) is 2. The van der Waals surface area contributed by atoms with E-state index in [2.05, 4.69) is 18.8 Å². The second kappa shape index (κ2) is 4.09. The van der Waals surface area contributed by atoms with Crippen LogP contribution in [0.1, 0.15) is 27.7 Å². The molecule has 0 aromatic heterocycles. The van der Waals surface area contributed by atoms with Crippen LogP contribution in [0.4, 0.5) is 0 Å². The largest absolute Gasteiger partial charge is 0.293 e. The Hall–Kier alpha value is -1.45. The highest BCUT2D eigenvalue weighted by Gasteiger charge is 2.40. The molecule has 1 aliphatic carbocycles. The first-order valence-electron chi connectivity index (χ1n) is 6.01. The van der Waals surface area contributed by atoms with Crippen LogP contribution in [0.5, 0.6) is 0 Å². The van der Waals surface area contributed by atoms with E-state index in [1.165, 1.54) is 0 Å². The van der Waals surface area contributed by atoms with Crippen molar-refractivity contribution in [2.24, 2.45) is 22.7 Å². The first-order chi connectivity index (χ1) is 7.93. The predicted octanol–water partition coefficient (Wildman–Crippen LogP) is 2.84. The van der Waals surface area contributed by atoms with E-state index in [1.807, 2.05) is 19.9 Å². The smallest absolute Gasteiger partial charge is 0.271 e. The van der Waals surface area contributed by atoms with Gasteiger partial charge in [-0.05, 0) is 19.8 Å². The van der Waals surface area contributed by atoms with Crippen molar-refractivity contribution in [1.82, 2.24) is 0 Å². The molecule has 0 bridgehead atoms. The minimum Gasteiger partial charge on any atom is -0.293 e. The van der Waals surface area contributed by atoms with Crippen molar-refractivity contribution in [3.63, 3.8) is 0 Å². The highest BCUT2D eigenvalue weighted by Crippen LogP contribution is 2.39. The molecule has 0 saturated carbocycles. The van der Waals surface area contributed by atoms with Crippen LogP contribution in [0.2, 0.25) is 0 Å². The molecule has 2 aliphatic rings. The maximum Gasteiger partial charge on any atom is 0.271 e. The van der Waals surface area contributed by atoms with Crippen molar-refractivity contribution in [3.8, 4) is 0 Å². The van der Waals surface area contributed by atoms with Gasteiger partial charge < -0.3 is 0 Å². The number of nitro groups is 1. The van der Waals surface area contributed by atoms with E-state index in [9.17, 15) is 10.1 Å². The Labute approximate surface area is 101 Å². The van der Waals surface area contributed by atoms with E-state index in [0.717, 1.165) is 23.4 Å². The molecule has 2 unspecified atom stereocenters. The summed E-state index contributed by atoms with van der Waals surface area (Å²) in [5.41, 5.74) is 3.08. The summed E-state index contributed by atoms with van der Waals surface area (Å²) in [5, 5.41) is 11.1. The molecular weight excluding hydrogens is 216 g/mol. The minimum atomic E-state index is -0.256. The average Bonchev–Trinajstić information content (AvgIpc) is 2.60. The highest BCUT2D eigenvalue weighted by molar-refractivity contribution is 5.93. The van der Waals surface area contributed by atoms with Gasteiger partial charge in [0.25, 0.3) is 5.70 Å². The maximum absolute atomic E-state index is 11.1. The molecule has 0 fully saturated rings. The van der Waals surface area contributed by atoms with Gasteiger partial charge in [0.1, 0.15) is 0 Å². The molecular formula is C13H18N2O2. The fourth-order valence-corrected chi connectivity index (χ4v) is 3.01. The monoisotopic (exact) mass is 234 g/mol. The summed E-state index contributed by atoms with van der Waals surface area (Å²) in [4.78, 5) is 15.4. The number of hydrogen-bond donors (Lipinski definition) is 0. The summed E-state index contributed by atoms with van der Waals surface area (Å²) in [5.74, 6) is 0.843.